The molecule has 1 N–H and O–H groups in total. The third kappa shape index (κ3) is 3.60. The van der Waals surface area contributed by atoms with Crippen LogP contribution in [0.3, 0.4) is 0 Å². The molecule has 5 nitrogen and oxygen atoms in total. The Hall–Kier alpha value is -1.60. The second kappa shape index (κ2) is 6.85. The summed E-state index contributed by atoms with van der Waals surface area (Å²) in [5.74, 6) is -3.02. The van der Waals surface area contributed by atoms with E-state index in [1.165, 1.54) is 19.2 Å². The molecule has 1 saturated heterocycles. The van der Waals surface area contributed by atoms with E-state index in [0.717, 1.165) is 25.2 Å². The van der Waals surface area contributed by atoms with Crippen LogP contribution in [0.5, 0.6) is 0 Å². The van der Waals surface area contributed by atoms with Crippen molar-refractivity contribution in [2.45, 2.75) is 51.5 Å². The molecule has 3 heterocycles. The molecule has 7 heteroatoms. The Balaban J connectivity index is 1.86. The highest BCUT2D eigenvalue weighted by atomic mass is 19.3. The molecule has 2 aliphatic heterocycles. The molecule has 2 aliphatic rings. The summed E-state index contributed by atoms with van der Waals surface area (Å²) in [5.41, 5.74) is 0.885. The zero-order chi connectivity index (χ0) is 19.1. The Morgan fingerprint density at radius 1 is 1.46 bits per heavy atom. The van der Waals surface area contributed by atoms with Crippen LogP contribution in [0, 0.1) is 0 Å². The average Bonchev–Trinajstić information content (AvgIpc) is 2.86. The molecule has 0 aliphatic carbocycles. The Labute approximate surface area is 153 Å². The minimum atomic E-state index is -2.98. The van der Waals surface area contributed by atoms with Crippen molar-refractivity contribution < 1.29 is 13.6 Å². The molecule has 1 aromatic heterocycles. The van der Waals surface area contributed by atoms with Gasteiger partial charge in [-0.15, -0.1) is 0 Å². The Bertz CT molecular complexity index is 692. The van der Waals surface area contributed by atoms with Gasteiger partial charge in [-0.1, -0.05) is 20.8 Å². The number of amides is 1. The Morgan fingerprint density at radius 2 is 2.19 bits per heavy atom. The summed E-state index contributed by atoms with van der Waals surface area (Å²) >= 11 is 0. The lowest BCUT2D eigenvalue weighted by molar-refractivity contribution is -0.120. The van der Waals surface area contributed by atoms with Gasteiger partial charge in [0.15, 0.2) is 0 Å². The second-order valence-corrected chi connectivity index (χ2v) is 8.10. The molecular formula is C19H28F2N4O. The van der Waals surface area contributed by atoms with Gasteiger partial charge >= 0.3 is 0 Å². The summed E-state index contributed by atoms with van der Waals surface area (Å²) in [6.07, 6.45) is 1.21. The van der Waals surface area contributed by atoms with Gasteiger partial charge in [0, 0.05) is 55.8 Å². The second-order valence-electron chi connectivity index (χ2n) is 8.10. The van der Waals surface area contributed by atoms with E-state index < -0.39 is 5.92 Å². The molecule has 0 radical (unpaired) electrons. The molecule has 1 amide bonds. The fraction of sp³-hybridized carbons (Fsp3) is 0.684. The number of alkyl halides is 2. The van der Waals surface area contributed by atoms with E-state index >= 15 is 0 Å². The topological polar surface area (TPSA) is 48.5 Å². The minimum Gasteiger partial charge on any atom is -0.312 e. The van der Waals surface area contributed by atoms with Gasteiger partial charge < -0.3 is 10.2 Å². The van der Waals surface area contributed by atoms with Crippen LogP contribution in [0.4, 0.5) is 14.5 Å². The van der Waals surface area contributed by atoms with Gasteiger partial charge in [-0.05, 0) is 13.0 Å². The van der Waals surface area contributed by atoms with Gasteiger partial charge in [-0.2, -0.15) is 8.78 Å². The number of rotatable bonds is 4. The zero-order valence-electron chi connectivity index (χ0n) is 16.0. The normalized spacial score (nSPS) is 23.2. The van der Waals surface area contributed by atoms with Crippen LogP contribution in [0.25, 0.3) is 0 Å². The third-order valence-electron chi connectivity index (χ3n) is 5.39. The number of carbonyl (C=O) groups is 1. The molecule has 1 atom stereocenters. The van der Waals surface area contributed by atoms with Crippen molar-refractivity contribution >= 4 is 11.6 Å². The Kier molecular flexibility index (Phi) is 5.05. The average molecular weight is 366 g/mol. The van der Waals surface area contributed by atoms with Crippen molar-refractivity contribution in [3.63, 3.8) is 0 Å². The number of nitrogens with one attached hydrogen (secondary N) is 1. The van der Waals surface area contributed by atoms with Crippen molar-refractivity contribution in [1.82, 2.24) is 15.2 Å². The van der Waals surface area contributed by atoms with E-state index in [-0.39, 0.29) is 23.4 Å². The molecule has 144 valence electrons. The quantitative estimate of drug-likeness (QED) is 0.890. The summed E-state index contributed by atoms with van der Waals surface area (Å²) in [5, 5.41) is 3.36. The van der Waals surface area contributed by atoms with Gasteiger partial charge in [0.2, 0.25) is 5.91 Å². The highest BCUT2D eigenvalue weighted by Gasteiger charge is 2.41. The highest BCUT2D eigenvalue weighted by Crippen LogP contribution is 2.42. The number of hydrogen-bond acceptors (Lipinski definition) is 4. The molecule has 0 unspecified atom stereocenters. The minimum absolute atomic E-state index is 0.0390. The van der Waals surface area contributed by atoms with Crippen molar-refractivity contribution in [2.75, 3.05) is 37.6 Å². The summed E-state index contributed by atoms with van der Waals surface area (Å²) < 4.78 is 28.2. The van der Waals surface area contributed by atoms with Gasteiger partial charge in [0.05, 0.1) is 12.2 Å². The number of halogens is 2. The van der Waals surface area contributed by atoms with Crippen LogP contribution >= 0.6 is 0 Å². The molecular weight excluding hydrogens is 338 g/mol. The van der Waals surface area contributed by atoms with Crippen LogP contribution in [-0.2, 0) is 16.1 Å². The molecule has 0 bridgehead atoms. The van der Waals surface area contributed by atoms with Crippen molar-refractivity contribution in [3.8, 4) is 0 Å². The fourth-order valence-corrected chi connectivity index (χ4v) is 3.79. The summed E-state index contributed by atoms with van der Waals surface area (Å²) in [4.78, 5) is 20.7. The number of aromatic nitrogens is 1. The first-order valence-electron chi connectivity index (χ1n) is 9.29. The van der Waals surface area contributed by atoms with E-state index in [1.54, 1.807) is 4.90 Å². The van der Waals surface area contributed by atoms with Gasteiger partial charge in [-0.3, -0.25) is 14.7 Å². The standard InChI is InChI=1S/C19H28F2N4O/c1-5-19(20,21)16-8-15-14(9-23-16)18(3,4)12-25(15)17(26)11-24-7-6-22-13(2)10-24/h8-9,13,22H,5-7,10-12H2,1-4H3/t13-/m1/s1. The largest absolute Gasteiger partial charge is 0.312 e. The number of anilines is 1. The van der Waals surface area contributed by atoms with Gasteiger partial charge in [0.1, 0.15) is 5.69 Å². The summed E-state index contributed by atoms with van der Waals surface area (Å²) in [6, 6.07) is 1.75. The molecule has 0 aromatic carbocycles. The van der Waals surface area contributed by atoms with Crippen molar-refractivity contribution in [2.24, 2.45) is 0 Å². The molecule has 1 aromatic rings. The van der Waals surface area contributed by atoms with Crippen LogP contribution in [0.2, 0.25) is 0 Å². The number of hydrogen-bond donors (Lipinski definition) is 1. The number of piperazine rings is 1. The molecule has 26 heavy (non-hydrogen) atoms. The Morgan fingerprint density at radius 3 is 2.85 bits per heavy atom. The first-order chi connectivity index (χ1) is 12.1. The van der Waals surface area contributed by atoms with Gasteiger partial charge in [-0.25, -0.2) is 0 Å². The number of nitrogens with zero attached hydrogens (tertiary/aromatic N) is 3. The van der Waals surface area contributed by atoms with Crippen LogP contribution in [0.15, 0.2) is 12.3 Å². The molecule has 1 fully saturated rings. The number of fused-ring (bicyclic) bond motifs is 1. The lowest BCUT2D eigenvalue weighted by Crippen LogP contribution is -2.52. The summed E-state index contributed by atoms with van der Waals surface area (Å²) in [7, 11) is 0. The van der Waals surface area contributed by atoms with Crippen LogP contribution < -0.4 is 10.2 Å². The molecule has 0 saturated carbocycles. The highest BCUT2D eigenvalue weighted by molar-refractivity contribution is 5.97. The number of carbonyl (C=O) groups excluding carboxylic acids is 1. The predicted octanol–water partition coefficient (Wildman–Crippen LogP) is 2.50. The summed E-state index contributed by atoms with van der Waals surface area (Å²) in [6.45, 7) is 10.9. The fourth-order valence-electron chi connectivity index (χ4n) is 3.79. The third-order valence-corrected chi connectivity index (χ3v) is 5.39. The van der Waals surface area contributed by atoms with Crippen molar-refractivity contribution in [1.29, 1.82) is 0 Å². The van der Waals surface area contributed by atoms with Crippen molar-refractivity contribution in [3.05, 3.63) is 23.5 Å². The van der Waals surface area contributed by atoms with Crippen LogP contribution in [0.1, 0.15) is 45.4 Å². The number of pyridine rings is 1. The van der Waals surface area contributed by atoms with Gasteiger partial charge in [0.25, 0.3) is 5.92 Å². The smallest absolute Gasteiger partial charge is 0.289 e. The lowest BCUT2D eigenvalue weighted by Gasteiger charge is -2.32. The molecule has 0 spiro atoms. The van der Waals surface area contributed by atoms with E-state index in [4.69, 9.17) is 0 Å². The molecule has 3 rings (SSSR count). The van der Waals surface area contributed by atoms with Crippen LogP contribution in [-0.4, -0.2) is 54.6 Å². The monoisotopic (exact) mass is 366 g/mol. The maximum Gasteiger partial charge on any atom is 0.289 e. The zero-order valence-corrected chi connectivity index (χ0v) is 16.0. The lowest BCUT2D eigenvalue weighted by atomic mass is 9.88. The maximum atomic E-state index is 14.1. The van der Waals surface area contributed by atoms with E-state index in [1.807, 2.05) is 13.8 Å². The van der Waals surface area contributed by atoms with E-state index in [2.05, 4.69) is 22.1 Å². The first kappa shape index (κ1) is 19.2. The van der Waals surface area contributed by atoms with E-state index in [9.17, 15) is 13.6 Å². The van der Waals surface area contributed by atoms with E-state index in [0.29, 0.717) is 24.8 Å². The predicted molar refractivity (Wildman–Crippen MR) is 97.7 cm³/mol. The first-order valence-corrected chi connectivity index (χ1v) is 9.29. The SMILES string of the molecule is CCC(F)(F)c1cc2c(cn1)C(C)(C)CN2C(=O)CN1CCN[C@H](C)C1. The maximum absolute atomic E-state index is 14.1.